The van der Waals surface area contributed by atoms with Crippen LogP contribution in [0, 0.1) is 11.3 Å². The Hall–Kier alpha value is -0.520. The summed E-state index contributed by atoms with van der Waals surface area (Å²) in [6, 6.07) is 0. The number of allylic oxidation sites excluding steroid dienone is 3. The van der Waals surface area contributed by atoms with Crippen LogP contribution in [0.2, 0.25) is 0 Å². The van der Waals surface area contributed by atoms with Gasteiger partial charge in [-0.05, 0) is 43.9 Å². The molecular formula is C13H22. The molecule has 0 radical (unpaired) electrons. The standard InChI is InChI=1S/C13H22/c1-5-8-13(6-2,7-3)12-9-11(4)10-12/h5,9,12H,1,6-8,10H2,2-4H3. The fraction of sp³-hybridized carbons (Fsp3) is 0.692. The van der Waals surface area contributed by atoms with E-state index in [0.29, 0.717) is 5.41 Å². The van der Waals surface area contributed by atoms with Gasteiger partial charge in [-0.15, -0.1) is 6.58 Å². The van der Waals surface area contributed by atoms with E-state index in [1.54, 1.807) is 5.57 Å². The smallest absolute Gasteiger partial charge is 0.0134 e. The molecule has 0 amide bonds. The lowest BCUT2D eigenvalue weighted by atomic mass is 9.62. The van der Waals surface area contributed by atoms with Crippen molar-refractivity contribution in [2.24, 2.45) is 11.3 Å². The Morgan fingerprint density at radius 2 is 2.08 bits per heavy atom. The topological polar surface area (TPSA) is 0 Å². The zero-order valence-corrected chi connectivity index (χ0v) is 9.27. The van der Waals surface area contributed by atoms with Crippen molar-refractivity contribution in [1.82, 2.24) is 0 Å². The van der Waals surface area contributed by atoms with Gasteiger partial charge in [0.2, 0.25) is 0 Å². The minimum atomic E-state index is 0.515. The largest absolute Gasteiger partial charge is 0.103 e. The monoisotopic (exact) mass is 178 g/mol. The molecule has 0 aromatic heterocycles. The van der Waals surface area contributed by atoms with E-state index in [1.807, 2.05) is 0 Å². The van der Waals surface area contributed by atoms with Crippen molar-refractivity contribution < 1.29 is 0 Å². The van der Waals surface area contributed by atoms with Gasteiger partial charge in [0.05, 0.1) is 0 Å². The van der Waals surface area contributed by atoms with E-state index in [2.05, 4.69) is 39.5 Å². The van der Waals surface area contributed by atoms with E-state index in [1.165, 1.54) is 25.7 Å². The molecule has 0 heterocycles. The van der Waals surface area contributed by atoms with Gasteiger partial charge in [0.1, 0.15) is 0 Å². The van der Waals surface area contributed by atoms with Crippen LogP contribution in [-0.2, 0) is 0 Å². The van der Waals surface area contributed by atoms with Crippen molar-refractivity contribution in [3.8, 4) is 0 Å². The average Bonchev–Trinajstić information content (AvgIpc) is 2.10. The Kier molecular flexibility index (Phi) is 3.35. The molecular weight excluding hydrogens is 156 g/mol. The van der Waals surface area contributed by atoms with E-state index >= 15 is 0 Å². The van der Waals surface area contributed by atoms with Crippen molar-refractivity contribution >= 4 is 0 Å². The summed E-state index contributed by atoms with van der Waals surface area (Å²) in [7, 11) is 0. The zero-order chi connectivity index (χ0) is 9.90. The fourth-order valence-electron chi connectivity index (χ4n) is 2.55. The van der Waals surface area contributed by atoms with Gasteiger partial charge in [0, 0.05) is 0 Å². The van der Waals surface area contributed by atoms with Crippen LogP contribution in [0.4, 0.5) is 0 Å². The Morgan fingerprint density at radius 3 is 2.38 bits per heavy atom. The van der Waals surface area contributed by atoms with E-state index in [0.717, 1.165) is 5.92 Å². The normalized spacial score (nSPS) is 22.1. The predicted molar refractivity (Wildman–Crippen MR) is 59.7 cm³/mol. The molecule has 0 aromatic carbocycles. The Morgan fingerprint density at radius 1 is 1.54 bits per heavy atom. The van der Waals surface area contributed by atoms with Crippen LogP contribution < -0.4 is 0 Å². The van der Waals surface area contributed by atoms with Crippen LogP contribution >= 0.6 is 0 Å². The molecule has 1 unspecified atom stereocenters. The first-order valence-electron chi connectivity index (χ1n) is 5.46. The molecule has 13 heavy (non-hydrogen) atoms. The highest BCUT2D eigenvalue weighted by atomic mass is 14.4. The summed E-state index contributed by atoms with van der Waals surface area (Å²) in [4.78, 5) is 0. The van der Waals surface area contributed by atoms with Gasteiger partial charge in [-0.3, -0.25) is 0 Å². The maximum absolute atomic E-state index is 3.88. The number of rotatable bonds is 5. The molecule has 0 spiro atoms. The summed E-state index contributed by atoms with van der Waals surface area (Å²) in [5, 5.41) is 0. The average molecular weight is 178 g/mol. The van der Waals surface area contributed by atoms with E-state index in [4.69, 9.17) is 0 Å². The molecule has 1 aliphatic carbocycles. The summed E-state index contributed by atoms with van der Waals surface area (Å²) in [5.41, 5.74) is 2.08. The molecule has 0 bridgehead atoms. The third kappa shape index (κ3) is 1.87. The van der Waals surface area contributed by atoms with Crippen LogP contribution in [0.25, 0.3) is 0 Å². The van der Waals surface area contributed by atoms with Gasteiger partial charge in [-0.25, -0.2) is 0 Å². The Bertz CT molecular complexity index is 206. The van der Waals surface area contributed by atoms with Crippen LogP contribution in [0.1, 0.15) is 46.5 Å². The Labute approximate surface area is 82.7 Å². The van der Waals surface area contributed by atoms with E-state index in [9.17, 15) is 0 Å². The first-order chi connectivity index (χ1) is 6.18. The molecule has 0 saturated carbocycles. The first kappa shape index (κ1) is 10.6. The lowest BCUT2D eigenvalue weighted by Gasteiger charge is -2.42. The van der Waals surface area contributed by atoms with Crippen molar-refractivity contribution in [2.45, 2.75) is 46.5 Å². The highest BCUT2D eigenvalue weighted by Crippen LogP contribution is 2.47. The summed E-state index contributed by atoms with van der Waals surface area (Å²) in [5.74, 6) is 0.820. The zero-order valence-electron chi connectivity index (χ0n) is 9.27. The van der Waals surface area contributed by atoms with Gasteiger partial charge < -0.3 is 0 Å². The molecule has 0 fully saturated rings. The minimum absolute atomic E-state index is 0.515. The molecule has 74 valence electrons. The number of hydrogen-bond acceptors (Lipinski definition) is 0. The van der Waals surface area contributed by atoms with Gasteiger partial charge in [-0.1, -0.05) is 31.6 Å². The van der Waals surface area contributed by atoms with Crippen molar-refractivity contribution in [3.63, 3.8) is 0 Å². The lowest BCUT2D eigenvalue weighted by Crippen LogP contribution is -2.32. The van der Waals surface area contributed by atoms with Crippen molar-refractivity contribution in [2.75, 3.05) is 0 Å². The first-order valence-corrected chi connectivity index (χ1v) is 5.46. The second kappa shape index (κ2) is 4.13. The van der Waals surface area contributed by atoms with Gasteiger partial charge in [0.25, 0.3) is 0 Å². The second-order valence-electron chi connectivity index (χ2n) is 4.39. The highest BCUT2D eigenvalue weighted by Gasteiger charge is 2.36. The van der Waals surface area contributed by atoms with E-state index in [-0.39, 0.29) is 0 Å². The van der Waals surface area contributed by atoms with Gasteiger partial charge in [0.15, 0.2) is 0 Å². The third-order valence-corrected chi connectivity index (χ3v) is 3.77. The maximum Gasteiger partial charge on any atom is -0.0134 e. The summed E-state index contributed by atoms with van der Waals surface area (Å²) < 4.78 is 0. The molecule has 1 atom stereocenters. The quantitative estimate of drug-likeness (QED) is 0.549. The van der Waals surface area contributed by atoms with Crippen LogP contribution in [0.15, 0.2) is 24.3 Å². The molecule has 1 aliphatic rings. The molecule has 0 aliphatic heterocycles. The molecule has 0 aromatic rings. The van der Waals surface area contributed by atoms with Crippen LogP contribution in [0.5, 0.6) is 0 Å². The SMILES string of the molecule is C=CCC(CC)(CC)C1C=C(C)C1. The maximum atomic E-state index is 3.88. The summed E-state index contributed by atoms with van der Waals surface area (Å²) in [6.07, 6.45) is 9.60. The molecule has 0 heteroatoms. The summed E-state index contributed by atoms with van der Waals surface area (Å²) >= 11 is 0. The predicted octanol–water partition coefficient (Wildman–Crippen LogP) is 4.34. The summed E-state index contributed by atoms with van der Waals surface area (Å²) in [6.45, 7) is 10.7. The minimum Gasteiger partial charge on any atom is -0.103 e. The molecule has 0 nitrogen and oxygen atoms in total. The number of hydrogen-bond donors (Lipinski definition) is 0. The second-order valence-corrected chi connectivity index (χ2v) is 4.39. The van der Waals surface area contributed by atoms with Gasteiger partial charge >= 0.3 is 0 Å². The highest BCUT2D eigenvalue weighted by molar-refractivity contribution is 5.18. The van der Waals surface area contributed by atoms with Crippen LogP contribution in [0.3, 0.4) is 0 Å². The fourth-order valence-corrected chi connectivity index (χ4v) is 2.55. The molecule has 0 saturated heterocycles. The molecule has 1 rings (SSSR count). The van der Waals surface area contributed by atoms with Gasteiger partial charge in [-0.2, -0.15) is 0 Å². The van der Waals surface area contributed by atoms with Crippen molar-refractivity contribution in [1.29, 1.82) is 0 Å². The lowest BCUT2D eigenvalue weighted by molar-refractivity contribution is 0.165. The molecule has 0 N–H and O–H groups in total. The van der Waals surface area contributed by atoms with E-state index < -0.39 is 0 Å². The van der Waals surface area contributed by atoms with Crippen molar-refractivity contribution in [3.05, 3.63) is 24.3 Å². The Balaban J connectivity index is 2.71. The third-order valence-electron chi connectivity index (χ3n) is 3.77. The van der Waals surface area contributed by atoms with Crippen LogP contribution in [-0.4, -0.2) is 0 Å².